The molecule has 0 spiro atoms. The lowest BCUT2D eigenvalue weighted by Gasteiger charge is -2.36. The lowest BCUT2D eigenvalue weighted by molar-refractivity contribution is 1.09. The molecule has 13 rings (SSSR count). The molecule has 0 saturated heterocycles. The SMILES string of the molecule is CCc1ccc(N(c2ccc(CC)cc2)c2cc3c4c(c2)-n2ccc5c(N(c6ccccc6)c6ccccc6)ccc(c52)B4c2ccc(N(c4ccccc4)c4ccccc4)c4ccn-3c24)cc1. The standard InChI is InChI=1S/C62H48BN5/c1-3-43-25-29-49(30-26-43)66(50-31-27-44(4-2)28-32-50)51-41-58-60-59(42-51)65-40-38-53-57(68(47-21-13-7-14-22-47)48-23-15-8-16-24-48)36-34-55(62(53)65)63(60)54-33-35-56(52-37-39-64(58)61(52)54)67(45-17-9-5-10-18-45)46-19-11-6-12-20-46/h5-42H,3-4H2,1-2H3. The molecular weight excluding hydrogens is 826 g/mol. The monoisotopic (exact) mass is 873 g/mol. The van der Waals surface area contributed by atoms with Crippen molar-refractivity contribution in [2.24, 2.45) is 0 Å². The second-order valence-corrected chi connectivity index (χ2v) is 18.0. The highest BCUT2D eigenvalue weighted by Crippen LogP contribution is 2.45. The molecule has 2 aliphatic rings. The van der Waals surface area contributed by atoms with Crippen LogP contribution in [0.2, 0.25) is 0 Å². The van der Waals surface area contributed by atoms with Gasteiger partial charge in [0.05, 0.1) is 28.1 Å². The Balaban J connectivity index is 1.10. The zero-order valence-corrected chi connectivity index (χ0v) is 38.2. The number of hydrogen-bond donors (Lipinski definition) is 0. The summed E-state index contributed by atoms with van der Waals surface area (Å²) in [6.45, 7) is 4.43. The van der Waals surface area contributed by atoms with Crippen LogP contribution in [0.1, 0.15) is 25.0 Å². The van der Waals surface area contributed by atoms with E-state index in [0.29, 0.717) is 0 Å². The molecule has 6 heteroatoms. The molecule has 324 valence electrons. The zero-order valence-electron chi connectivity index (χ0n) is 38.2. The molecule has 2 aromatic heterocycles. The van der Waals surface area contributed by atoms with E-state index in [1.54, 1.807) is 0 Å². The first-order valence-electron chi connectivity index (χ1n) is 23.9. The summed E-state index contributed by atoms with van der Waals surface area (Å²) in [5.41, 5.74) is 21.6. The van der Waals surface area contributed by atoms with Gasteiger partial charge in [0.1, 0.15) is 0 Å². The number of para-hydroxylation sites is 4. The smallest absolute Gasteiger partial charge is 0.252 e. The molecule has 0 bridgehead atoms. The van der Waals surface area contributed by atoms with Gasteiger partial charge in [-0.3, -0.25) is 0 Å². The number of anilines is 9. The average molecular weight is 874 g/mol. The van der Waals surface area contributed by atoms with Gasteiger partial charge in [-0.15, -0.1) is 0 Å². The summed E-state index contributed by atoms with van der Waals surface area (Å²) in [7, 11) is 0. The van der Waals surface area contributed by atoms with E-state index in [9.17, 15) is 0 Å². The highest BCUT2D eigenvalue weighted by atomic mass is 15.2. The number of benzene rings is 9. The van der Waals surface area contributed by atoms with Crippen LogP contribution in [-0.4, -0.2) is 15.8 Å². The Labute approximate surface area is 398 Å². The second-order valence-electron chi connectivity index (χ2n) is 18.0. The zero-order chi connectivity index (χ0) is 45.3. The number of rotatable bonds is 11. The molecule has 0 radical (unpaired) electrons. The molecule has 2 aliphatic heterocycles. The molecule has 0 fully saturated rings. The molecule has 0 N–H and O–H groups in total. The van der Waals surface area contributed by atoms with Gasteiger partial charge in [-0.25, -0.2) is 0 Å². The third-order valence-electron chi connectivity index (χ3n) is 14.3. The van der Waals surface area contributed by atoms with Gasteiger partial charge in [0.15, 0.2) is 0 Å². The van der Waals surface area contributed by atoms with Crippen molar-refractivity contribution in [3.05, 3.63) is 242 Å². The number of hydrogen-bond acceptors (Lipinski definition) is 3. The molecule has 68 heavy (non-hydrogen) atoms. The minimum atomic E-state index is -0.0168. The van der Waals surface area contributed by atoms with Crippen LogP contribution in [-0.2, 0) is 12.8 Å². The van der Waals surface area contributed by atoms with E-state index in [-0.39, 0.29) is 6.71 Å². The summed E-state index contributed by atoms with van der Waals surface area (Å²) in [5, 5.41) is 2.42. The lowest BCUT2D eigenvalue weighted by Crippen LogP contribution is -2.59. The minimum absolute atomic E-state index is 0.0168. The van der Waals surface area contributed by atoms with E-state index in [1.165, 1.54) is 60.7 Å². The van der Waals surface area contributed by atoms with Crippen LogP contribution >= 0.6 is 0 Å². The Kier molecular flexibility index (Phi) is 9.46. The Hall–Kier alpha value is -8.48. The second kappa shape index (κ2) is 16.1. The van der Waals surface area contributed by atoms with Crippen molar-refractivity contribution in [3.63, 3.8) is 0 Å². The van der Waals surface area contributed by atoms with Gasteiger partial charge < -0.3 is 23.8 Å². The van der Waals surface area contributed by atoms with E-state index < -0.39 is 0 Å². The topological polar surface area (TPSA) is 19.6 Å². The maximum Gasteiger partial charge on any atom is 0.252 e. The van der Waals surface area contributed by atoms with Crippen molar-refractivity contribution in [2.45, 2.75) is 26.7 Å². The molecule has 0 unspecified atom stereocenters. The highest BCUT2D eigenvalue weighted by molar-refractivity contribution is 7.00. The first-order chi connectivity index (χ1) is 33.7. The molecule has 0 saturated carbocycles. The van der Waals surface area contributed by atoms with Crippen LogP contribution in [0.25, 0.3) is 33.2 Å². The number of nitrogens with zero attached hydrogens (tertiary/aromatic N) is 5. The fraction of sp³-hybridized carbons (Fsp3) is 0.0645. The first kappa shape index (κ1) is 39.9. The van der Waals surface area contributed by atoms with E-state index in [1.807, 2.05) is 0 Å². The molecule has 5 nitrogen and oxygen atoms in total. The van der Waals surface area contributed by atoms with Gasteiger partial charge in [-0.05, 0) is 150 Å². The largest absolute Gasteiger partial charge is 0.317 e. The summed E-state index contributed by atoms with van der Waals surface area (Å²) in [6, 6.07) is 80.4. The molecular formula is C62H48BN5. The van der Waals surface area contributed by atoms with Crippen LogP contribution < -0.4 is 31.1 Å². The molecule has 0 atom stereocenters. The molecule has 11 aromatic rings. The summed E-state index contributed by atoms with van der Waals surface area (Å²) in [6.07, 6.45) is 6.59. The Morgan fingerprint density at radius 3 is 1.06 bits per heavy atom. The fourth-order valence-corrected chi connectivity index (χ4v) is 11.1. The maximum atomic E-state index is 2.48. The summed E-state index contributed by atoms with van der Waals surface area (Å²) < 4.78 is 4.96. The van der Waals surface area contributed by atoms with Crippen LogP contribution in [0.5, 0.6) is 0 Å². The molecule has 0 aliphatic carbocycles. The number of fused-ring (bicyclic) bond motifs is 4. The Morgan fingerprint density at radius 1 is 0.353 bits per heavy atom. The van der Waals surface area contributed by atoms with Crippen molar-refractivity contribution in [3.8, 4) is 11.4 Å². The van der Waals surface area contributed by atoms with Crippen LogP contribution in [0.3, 0.4) is 0 Å². The van der Waals surface area contributed by atoms with Gasteiger partial charge in [0.25, 0.3) is 6.71 Å². The summed E-state index contributed by atoms with van der Waals surface area (Å²) in [4.78, 5) is 7.26. The van der Waals surface area contributed by atoms with Crippen LogP contribution in [0.15, 0.2) is 231 Å². The van der Waals surface area contributed by atoms with Crippen LogP contribution in [0, 0.1) is 0 Å². The number of aryl methyl sites for hydroxylation is 2. The maximum absolute atomic E-state index is 2.48. The van der Waals surface area contributed by atoms with Gasteiger partial charge in [-0.1, -0.05) is 123 Å². The van der Waals surface area contributed by atoms with Gasteiger partial charge >= 0.3 is 0 Å². The number of aromatic nitrogens is 2. The molecule has 0 amide bonds. The fourth-order valence-electron chi connectivity index (χ4n) is 11.1. The van der Waals surface area contributed by atoms with E-state index in [4.69, 9.17) is 0 Å². The minimum Gasteiger partial charge on any atom is -0.317 e. The van der Waals surface area contributed by atoms with Crippen molar-refractivity contribution in [2.75, 3.05) is 14.7 Å². The molecule has 4 heterocycles. The van der Waals surface area contributed by atoms with E-state index in [0.717, 1.165) is 64.0 Å². The highest BCUT2D eigenvalue weighted by Gasteiger charge is 2.41. The first-order valence-corrected chi connectivity index (χ1v) is 23.9. The lowest BCUT2D eigenvalue weighted by atomic mass is 9.34. The third-order valence-corrected chi connectivity index (χ3v) is 14.3. The van der Waals surface area contributed by atoms with Gasteiger partial charge in [0, 0.05) is 68.7 Å². The van der Waals surface area contributed by atoms with Crippen molar-refractivity contribution < 1.29 is 0 Å². The van der Waals surface area contributed by atoms with E-state index >= 15 is 0 Å². The average Bonchev–Trinajstić information content (AvgIpc) is 4.07. The van der Waals surface area contributed by atoms with E-state index in [2.05, 4.69) is 268 Å². The predicted octanol–water partition coefficient (Wildman–Crippen LogP) is 14.3. The quantitative estimate of drug-likeness (QED) is 0.121. The Morgan fingerprint density at radius 2 is 0.706 bits per heavy atom. The Bertz CT molecular complexity index is 3320. The third kappa shape index (κ3) is 6.25. The van der Waals surface area contributed by atoms with Crippen molar-refractivity contribution >= 4 is 96.1 Å². The molecule has 9 aromatic carbocycles. The van der Waals surface area contributed by atoms with Crippen LogP contribution in [0.4, 0.5) is 51.2 Å². The van der Waals surface area contributed by atoms with Crippen molar-refractivity contribution in [1.29, 1.82) is 0 Å². The summed E-state index contributed by atoms with van der Waals surface area (Å²) >= 11 is 0. The normalized spacial score (nSPS) is 12.1. The van der Waals surface area contributed by atoms with Crippen molar-refractivity contribution in [1.82, 2.24) is 9.13 Å². The van der Waals surface area contributed by atoms with Gasteiger partial charge in [-0.2, -0.15) is 0 Å². The van der Waals surface area contributed by atoms with Gasteiger partial charge in [0.2, 0.25) is 0 Å². The summed E-state index contributed by atoms with van der Waals surface area (Å²) in [5.74, 6) is 0. The predicted molar refractivity (Wildman–Crippen MR) is 288 cm³/mol.